The van der Waals surface area contributed by atoms with Crippen LogP contribution in [-0.2, 0) is 23.7 Å². The molecule has 120 valence electrons. The van der Waals surface area contributed by atoms with Crippen molar-refractivity contribution in [2.45, 2.75) is 64.4 Å². The molecular weight excluding hydrogens is 276 g/mol. The molecule has 0 aliphatic carbocycles. The summed E-state index contributed by atoms with van der Waals surface area (Å²) in [5, 5.41) is 9.80. The summed E-state index contributed by atoms with van der Waals surface area (Å²) in [5.41, 5.74) is 0. The van der Waals surface area contributed by atoms with Gasteiger partial charge >= 0.3 is 5.97 Å². The molecule has 2 atom stereocenters. The van der Waals surface area contributed by atoms with Crippen molar-refractivity contribution in [3.63, 3.8) is 0 Å². The Hall–Kier alpha value is -1.27. The molecule has 6 nitrogen and oxygen atoms in total. The third-order valence-corrected chi connectivity index (χ3v) is 3.54. The summed E-state index contributed by atoms with van der Waals surface area (Å²) in [6.45, 7) is 6.45. The van der Waals surface area contributed by atoms with Crippen molar-refractivity contribution in [1.29, 1.82) is 0 Å². The molecule has 0 amide bonds. The van der Waals surface area contributed by atoms with Crippen molar-refractivity contribution in [2.75, 3.05) is 13.2 Å². The Kier molecular flexibility index (Phi) is 5.11. The van der Waals surface area contributed by atoms with E-state index in [9.17, 15) is 9.90 Å². The summed E-state index contributed by atoms with van der Waals surface area (Å²) >= 11 is 0. The third-order valence-electron chi connectivity index (χ3n) is 3.54. The van der Waals surface area contributed by atoms with E-state index < -0.39 is 29.7 Å². The number of esters is 1. The minimum atomic E-state index is -0.767. The standard InChI is InChI=1S/C15H24O6/c1-4-5-6-7-8-18-13-11(16)14(17)20-12(13)10-9-19-15(2,3)21-10/h10,12,16H,4-9H2,1-3H3/t10-,12+/m0/s1. The van der Waals surface area contributed by atoms with Gasteiger partial charge in [-0.2, -0.15) is 0 Å². The van der Waals surface area contributed by atoms with Gasteiger partial charge in [-0.1, -0.05) is 26.2 Å². The van der Waals surface area contributed by atoms with E-state index in [4.69, 9.17) is 18.9 Å². The number of hydrogen-bond donors (Lipinski definition) is 1. The van der Waals surface area contributed by atoms with Gasteiger partial charge in [0.15, 0.2) is 17.7 Å². The summed E-state index contributed by atoms with van der Waals surface area (Å²) in [6, 6.07) is 0. The normalized spacial score (nSPS) is 28.0. The summed E-state index contributed by atoms with van der Waals surface area (Å²) < 4.78 is 21.9. The number of aliphatic hydroxyl groups is 1. The quantitative estimate of drug-likeness (QED) is 0.575. The van der Waals surface area contributed by atoms with Gasteiger partial charge < -0.3 is 24.1 Å². The lowest BCUT2D eigenvalue weighted by Crippen LogP contribution is -2.33. The summed E-state index contributed by atoms with van der Waals surface area (Å²) in [4.78, 5) is 11.5. The fraction of sp³-hybridized carbons (Fsp3) is 0.800. The van der Waals surface area contributed by atoms with E-state index in [0.29, 0.717) is 13.2 Å². The molecule has 2 rings (SSSR count). The first-order chi connectivity index (χ1) is 9.94. The molecule has 2 aliphatic heterocycles. The van der Waals surface area contributed by atoms with E-state index in [2.05, 4.69) is 6.92 Å². The molecular formula is C15H24O6. The largest absolute Gasteiger partial charge is 0.499 e. The topological polar surface area (TPSA) is 74.2 Å². The lowest BCUT2D eigenvalue weighted by Gasteiger charge is -2.21. The molecule has 1 saturated heterocycles. The molecule has 0 aromatic carbocycles. The molecule has 0 aromatic rings. The Balaban J connectivity index is 1.93. The van der Waals surface area contributed by atoms with Crippen LogP contribution >= 0.6 is 0 Å². The highest BCUT2D eigenvalue weighted by Gasteiger charge is 2.47. The van der Waals surface area contributed by atoms with Crippen molar-refractivity contribution in [1.82, 2.24) is 0 Å². The smallest absolute Gasteiger partial charge is 0.378 e. The lowest BCUT2D eigenvalue weighted by atomic mass is 10.1. The van der Waals surface area contributed by atoms with Crippen LogP contribution in [0.3, 0.4) is 0 Å². The number of carbonyl (C=O) groups is 1. The molecule has 21 heavy (non-hydrogen) atoms. The van der Waals surface area contributed by atoms with Crippen LogP contribution in [0.25, 0.3) is 0 Å². The van der Waals surface area contributed by atoms with Gasteiger partial charge in [-0.15, -0.1) is 0 Å². The number of carbonyl (C=O) groups excluding carboxylic acids is 1. The monoisotopic (exact) mass is 300 g/mol. The van der Waals surface area contributed by atoms with Crippen molar-refractivity contribution < 1.29 is 28.8 Å². The minimum absolute atomic E-state index is 0.169. The molecule has 0 unspecified atom stereocenters. The molecule has 0 bridgehead atoms. The van der Waals surface area contributed by atoms with E-state index in [1.165, 1.54) is 0 Å². The van der Waals surface area contributed by atoms with E-state index >= 15 is 0 Å². The first kappa shape index (κ1) is 16.1. The Morgan fingerprint density at radius 1 is 1.33 bits per heavy atom. The van der Waals surface area contributed by atoms with Gasteiger partial charge in [0.2, 0.25) is 5.76 Å². The molecule has 6 heteroatoms. The first-order valence-corrected chi connectivity index (χ1v) is 7.53. The zero-order valence-corrected chi connectivity index (χ0v) is 12.9. The second-order valence-electron chi connectivity index (χ2n) is 5.82. The Bertz CT molecular complexity index is 414. The van der Waals surface area contributed by atoms with Crippen molar-refractivity contribution in [3.8, 4) is 0 Å². The minimum Gasteiger partial charge on any atom is -0.499 e. The maximum Gasteiger partial charge on any atom is 0.378 e. The van der Waals surface area contributed by atoms with E-state index in [1.54, 1.807) is 13.8 Å². The molecule has 2 heterocycles. The summed E-state index contributed by atoms with van der Waals surface area (Å²) in [7, 11) is 0. The first-order valence-electron chi connectivity index (χ1n) is 7.53. The van der Waals surface area contributed by atoms with Gasteiger partial charge in [0, 0.05) is 0 Å². The zero-order chi connectivity index (χ0) is 15.5. The SMILES string of the molecule is CCCCCCOC1=C(O)C(=O)O[C@@H]1[C@@H]1COC(C)(C)O1. The molecule has 0 radical (unpaired) electrons. The highest BCUT2D eigenvalue weighted by Crippen LogP contribution is 2.33. The maximum absolute atomic E-state index is 11.5. The molecule has 0 saturated carbocycles. The van der Waals surface area contributed by atoms with Gasteiger partial charge in [0.05, 0.1) is 13.2 Å². The fourth-order valence-electron chi connectivity index (χ4n) is 2.43. The predicted molar refractivity (Wildman–Crippen MR) is 74.5 cm³/mol. The second kappa shape index (κ2) is 6.66. The van der Waals surface area contributed by atoms with Crippen molar-refractivity contribution >= 4 is 5.97 Å². The predicted octanol–water partition coefficient (Wildman–Crippen LogP) is 2.43. The van der Waals surface area contributed by atoms with Crippen LogP contribution in [0.1, 0.15) is 46.5 Å². The van der Waals surface area contributed by atoms with Crippen molar-refractivity contribution in [2.24, 2.45) is 0 Å². The number of hydrogen-bond acceptors (Lipinski definition) is 6. The highest BCUT2D eigenvalue weighted by molar-refractivity contribution is 5.89. The Morgan fingerprint density at radius 3 is 2.71 bits per heavy atom. The van der Waals surface area contributed by atoms with E-state index in [1.807, 2.05) is 0 Å². The van der Waals surface area contributed by atoms with Gasteiger partial charge in [-0.05, 0) is 20.3 Å². The van der Waals surface area contributed by atoms with Crippen LogP contribution in [0.4, 0.5) is 0 Å². The number of cyclic esters (lactones) is 1. The van der Waals surface area contributed by atoms with Gasteiger partial charge in [0.25, 0.3) is 0 Å². The third kappa shape index (κ3) is 3.89. The summed E-state index contributed by atoms with van der Waals surface area (Å²) in [6.07, 6.45) is 3.02. The van der Waals surface area contributed by atoms with E-state index in [-0.39, 0.29) is 5.76 Å². The van der Waals surface area contributed by atoms with Crippen LogP contribution in [0, 0.1) is 0 Å². The zero-order valence-electron chi connectivity index (χ0n) is 12.9. The van der Waals surface area contributed by atoms with Crippen LogP contribution in [0.15, 0.2) is 11.5 Å². The van der Waals surface area contributed by atoms with Crippen LogP contribution in [-0.4, -0.2) is 42.3 Å². The number of aliphatic hydroxyl groups excluding tert-OH is 1. The average Bonchev–Trinajstić information content (AvgIpc) is 2.92. The number of ether oxygens (including phenoxy) is 4. The summed E-state index contributed by atoms with van der Waals surface area (Å²) in [5.74, 6) is -1.77. The van der Waals surface area contributed by atoms with Crippen LogP contribution in [0.5, 0.6) is 0 Å². The number of rotatable bonds is 7. The Morgan fingerprint density at radius 2 is 2.10 bits per heavy atom. The maximum atomic E-state index is 11.5. The molecule has 0 aromatic heterocycles. The van der Waals surface area contributed by atoms with Crippen molar-refractivity contribution in [3.05, 3.63) is 11.5 Å². The Labute approximate surface area is 125 Å². The van der Waals surface area contributed by atoms with Gasteiger partial charge in [0.1, 0.15) is 6.10 Å². The fourth-order valence-corrected chi connectivity index (χ4v) is 2.43. The van der Waals surface area contributed by atoms with E-state index in [0.717, 1.165) is 25.7 Å². The van der Waals surface area contributed by atoms with Gasteiger partial charge in [-0.3, -0.25) is 0 Å². The molecule has 1 N–H and O–H groups in total. The average molecular weight is 300 g/mol. The molecule has 1 fully saturated rings. The lowest BCUT2D eigenvalue weighted by molar-refractivity contribution is -0.163. The van der Waals surface area contributed by atoms with Crippen LogP contribution < -0.4 is 0 Å². The number of unbranched alkanes of at least 4 members (excludes halogenated alkanes) is 3. The highest BCUT2D eigenvalue weighted by atomic mass is 16.8. The molecule has 0 spiro atoms. The second-order valence-corrected chi connectivity index (χ2v) is 5.82. The van der Waals surface area contributed by atoms with Gasteiger partial charge in [-0.25, -0.2) is 4.79 Å². The molecule has 2 aliphatic rings. The van der Waals surface area contributed by atoms with Crippen LogP contribution in [0.2, 0.25) is 0 Å².